The Morgan fingerprint density at radius 3 is 2.48 bits per heavy atom. The molecule has 29 heavy (non-hydrogen) atoms. The monoisotopic (exact) mass is 394 g/mol. The van der Waals surface area contributed by atoms with Gasteiger partial charge in [0, 0.05) is 29.8 Å². The maximum absolute atomic E-state index is 5.73. The van der Waals surface area contributed by atoms with Crippen molar-refractivity contribution in [3.63, 3.8) is 0 Å². The summed E-state index contributed by atoms with van der Waals surface area (Å²) >= 11 is 0. The van der Waals surface area contributed by atoms with Crippen molar-refractivity contribution in [2.75, 3.05) is 27.9 Å². The predicted octanol–water partition coefficient (Wildman–Crippen LogP) is 4.70. The van der Waals surface area contributed by atoms with Gasteiger partial charge >= 0.3 is 0 Å². The smallest absolute Gasteiger partial charge is 0.226 e. The fourth-order valence-electron chi connectivity index (χ4n) is 3.92. The number of ether oxygens (including phenoxy) is 3. The second kappa shape index (κ2) is 8.57. The Labute approximate surface area is 171 Å². The lowest BCUT2D eigenvalue weighted by molar-refractivity contribution is 0.240. The van der Waals surface area contributed by atoms with Crippen molar-refractivity contribution in [2.24, 2.45) is 0 Å². The predicted molar refractivity (Wildman–Crippen MR) is 110 cm³/mol. The molecule has 1 saturated heterocycles. The van der Waals surface area contributed by atoms with Crippen molar-refractivity contribution in [1.29, 1.82) is 0 Å². The molecule has 1 aliphatic rings. The number of hydrogen-bond acceptors (Lipinski definition) is 6. The molecule has 1 unspecified atom stereocenters. The first kappa shape index (κ1) is 19.3. The van der Waals surface area contributed by atoms with Crippen LogP contribution >= 0.6 is 0 Å². The summed E-state index contributed by atoms with van der Waals surface area (Å²) in [5, 5.41) is 0. The van der Waals surface area contributed by atoms with Crippen LogP contribution in [0.5, 0.6) is 17.2 Å². The minimum Gasteiger partial charge on any atom is -0.497 e. The van der Waals surface area contributed by atoms with Crippen LogP contribution in [0.2, 0.25) is 0 Å². The summed E-state index contributed by atoms with van der Waals surface area (Å²) in [5.41, 5.74) is 3.05. The van der Waals surface area contributed by atoms with Crippen LogP contribution in [0, 0.1) is 0 Å². The molecule has 152 valence electrons. The van der Waals surface area contributed by atoms with Gasteiger partial charge in [-0.05, 0) is 49.7 Å². The molecule has 2 aromatic carbocycles. The van der Waals surface area contributed by atoms with Crippen molar-refractivity contribution < 1.29 is 18.6 Å². The summed E-state index contributed by atoms with van der Waals surface area (Å²) in [6.45, 7) is 1.75. The van der Waals surface area contributed by atoms with E-state index >= 15 is 0 Å². The molecule has 4 rings (SSSR count). The Morgan fingerprint density at radius 2 is 1.76 bits per heavy atom. The number of hydrogen-bond donors (Lipinski definition) is 0. The molecule has 6 heteroatoms. The number of rotatable bonds is 7. The summed E-state index contributed by atoms with van der Waals surface area (Å²) in [4.78, 5) is 7.13. The molecule has 1 atom stereocenters. The lowest BCUT2D eigenvalue weighted by Gasteiger charge is -2.25. The van der Waals surface area contributed by atoms with Gasteiger partial charge < -0.3 is 18.6 Å². The maximum atomic E-state index is 5.73. The number of methoxy groups -OCH3 is 3. The van der Waals surface area contributed by atoms with E-state index < -0.39 is 0 Å². The highest BCUT2D eigenvalue weighted by Crippen LogP contribution is 2.39. The van der Waals surface area contributed by atoms with Gasteiger partial charge in [0.15, 0.2) is 0 Å². The summed E-state index contributed by atoms with van der Waals surface area (Å²) in [6.07, 6.45) is 3.98. The molecular weight excluding hydrogens is 368 g/mol. The van der Waals surface area contributed by atoms with E-state index in [0.717, 1.165) is 54.4 Å². The third-order valence-electron chi connectivity index (χ3n) is 5.42. The van der Waals surface area contributed by atoms with Gasteiger partial charge in [-0.2, -0.15) is 0 Å². The van der Waals surface area contributed by atoms with Crippen molar-refractivity contribution in [1.82, 2.24) is 9.88 Å². The first-order valence-electron chi connectivity index (χ1n) is 9.76. The normalized spacial score (nSPS) is 16.7. The minimum atomic E-state index is 0.289. The fraction of sp³-hybridized carbons (Fsp3) is 0.348. The van der Waals surface area contributed by atoms with E-state index in [2.05, 4.69) is 11.0 Å². The van der Waals surface area contributed by atoms with Crippen LogP contribution in [0.15, 0.2) is 53.1 Å². The average molecular weight is 394 g/mol. The van der Waals surface area contributed by atoms with Crippen molar-refractivity contribution >= 4 is 0 Å². The highest BCUT2D eigenvalue weighted by Gasteiger charge is 2.29. The van der Waals surface area contributed by atoms with Gasteiger partial charge in [0.2, 0.25) is 5.89 Å². The van der Waals surface area contributed by atoms with Crippen molar-refractivity contribution in [2.45, 2.75) is 25.4 Å². The zero-order valence-electron chi connectivity index (χ0n) is 17.1. The maximum Gasteiger partial charge on any atom is 0.226 e. The average Bonchev–Trinajstić information content (AvgIpc) is 3.43. The van der Waals surface area contributed by atoms with E-state index in [1.807, 2.05) is 36.4 Å². The quantitative estimate of drug-likeness (QED) is 0.579. The molecule has 0 amide bonds. The van der Waals surface area contributed by atoms with Gasteiger partial charge in [0.05, 0.1) is 27.0 Å². The summed E-state index contributed by atoms with van der Waals surface area (Å²) < 4.78 is 21.9. The van der Waals surface area contributed by atoms with Crippen molar-refractivity contribution in [3.05, 3.63) is 60.0 Å². The molecule has 0 aliphatic carbocycles. The third-order valence-corrected chi connectivity index (χ3v) is 5.42. The van der Waals surface area contributed by atoms with E-state index in [1.54, 1.807) is 27.6 Å². The molecule has 3 aromatic rings. The van der Waals surface area contributed by atoms with Gasteiger partial charge in [-0.3, -0.25) is 4.90 Å². The Bertz CT molecular complexity index is 952. The minimum absolute atomic E-state index is 0.289. The Morgan fingerprint density at radius 1 is 1.00 bits per heavy atom. The van der Waals surface area contributed by atoms with Gasteiger partial charge in [0.25, 0.3) is 0 Å². The lowest BCUT2D eigenvalue weighted by Crippen LogP contribution is -2.23. The molecule has 2 heterocycles. The van der Waals surface area contributed by atoms with E-state index in [9.17, 15) is 0 Å². The SMILES string of the molecule is COc1ccc(-c2nc(CN3CCCC3c3ccc(OC)cc3OC)co2)cc1. The summed E-state index contributed by atoms with van der Waals surface area (Å²) in [6, 6.07) is 14.1. The molecule has 1 fully saturated rings. The van der Waals surface area contributed by atoms with E-state index in [4.69, 9.17) is 23.6 Å². The number of nitrogens with zero attached hydrogens (tertiary/aromatic N) is 2. The zero-order valence-corrected chi connectivity index (χ0v) is 17.1. The molecule has 0 bridgehead atoms. The molecule has 6 nitrogen and oxygen atoms in total. The fourth-order valence-corrected chi connectivity index (χ4v) is 3.92. The highest BCUT2D eigenvalue weighted by molar-refractivity contribution is 5.54. The zero-order chi connectivity index (χ0) is 20.2. The highest BCUT2D eigenvalue weighted by atomic mass is 16.5. The van der Waals surface area contributed by atoms with Crippen LogP contribution in [0.1, 0.15) is 30.1 Å². The number of aromatic nitrogens is 1. The Balaban J connectivity index is 1.51. The second-order valence-electron chi connectivity index (χ2n) is 7.11. The number of benzene rings is 2. The topological polar surface area (TPSA) is 57.0 Å². The molecule has 1 aromatic heterocycles. The first-order valence-corrected chi connectivity index (χ1v) is 9.76. The van der Waals surface area contributed by atoms with Gasteiger partial charge in [-0.1, -0.05) is 6.07 Å². The first-order chi connectivity index (χ1) is 14.2. The number of oxazole rings is 1. The van der Waals surface area contributed by atoms with Crippen LogP contribution in [0.4, 0.5) is 0 Å². The lowest BCUT2D eigenvalue weighted by atomic mass is 10.0. The van der Waals surface area contributed by atoms with Gasteiger partial charge in [0.1, 0.15) is 23.5 Å². The molecule has 0 spiro atoms. The second-order valence-corrected chi connectivity index (χ2v) is 7.11. The van der Waals surface area contributed by atoms with Crippen LogP contribution < -0.4 is 14.2 Å². The molecular formula is C23H26N2O4. The third kappa shape index (κ3) is 4.07. The van der Waals surface area contributed by atoms with Crippen molar-refractivity contribution in [3.8, 4) is 28.7 Å². The largest absolute Gasteiger partial charge is 0.497 e. The Kier molecular flexibility index (Phi) is 5.71. The molecule has 0 saturated carbocycles. The summed E-state index contributed by atoms with van der Waals surface area (Å²) in [7, 11) is 5.03. The van der Waals surface area contributed by atoms with Crippen LogP contribution in [-0.4, -0.2) is 37.8 Å². The number of likely N-dealkylation sites (tertiary alicyclic amines) is 1. The molecule has 0 radical (unpaired) electrons. The van der Waals surface area contributed by atoms with E-state index in [0.29, 0.717) is 5.89 Å². The molecule has 0 N–H and O–H groups in total. The van der Waals surface area contributed by atoms with Crippen LogP contribution in [0.25, 0.3) is 11.5 Å². The van der Waals surface area contributed by atoms with Crippen LogP contribution in [-0.2, 0) is 6.54 Å². The molecule has 1 aliphatic heterocycles. The standard InChI is InChI=1S/C23H26N2O4/c1-26-18-8-6-16(7-9-18)23-24-17(15-29-23)14-25-12-4-5-21(25)20-11-10-19(27-2)13-22(20)28-3/h6-11,13,15,21H,4-5,12,14H2,1-3H3. The van der Waals surface area contributed by atoms with Crippen LogP contribution in [0.3, 0.4) is 0 Å². The summed E-state index contributed by atoms with van der Waals surface area (Å²) in [5.74, 6) is 3.10. The van der Waals surface area contributed by atoms with Gasteiger partial charge in [-0.15, -0.1) is 0 Å². The van der Waals surface area contributed by atoms with Gasteiger partial charge in [-0.25, -0.2) is 4.98 Å². The van der Waals surface area contributed by atoms with E-state index in [-0.39, 0.29) is 6.04 Å². The van der Waals surface area contributed by atoms with E-state index in [1.165, 1.54) is 5.56 Å². The Hall–Kier alpha value is -2.99.